The van der Waals surface area contributed by atoms with E-state index in [1.54, 1.807) is 6.07 Å². The summed E-state index contributed by atoms with van der Waals surface area (Å²) >= 11 is 12.2. The summed E-state index contributed by atoms with van der Waals surface area (Å²) in [6.07, 6.45) is 1.47. The lowest BCUT2D eigenvalue weighted by Gasteiger charge is -2.05. The van der Waals surface area contributed by atoms with Crippen LogP contribution in [0.2, 0.25) is 10.0 Å². The number of benzene rings is 2. The van der Waals surface area contributed by atoms with Crippen LogP contribution in [0.3, 0.4) is 0 Å². The van der Waals surface area contributed by atoms with E-state index in [2.05, 4.69) is 15.6 Å². The molecule has 2 aromatic carbocycles. The van der Waals surface area contributed by atoms with Crippen molar-refractivity contribution in [2.24, 2.45) is 0 Å². The Morgan fingerprint density at radius 1 is 1.10 bits per heavy atom. The summed E-state index contributed by atoms with van der Waals surface area (Å²) in [5.41, 5.74) is 1.14. The topological polar surface area (TPSA) is 73.0 Å². The lowest BCUT2D eigenvalue weighted by molar-refractivity contribution is 0.101. The Balaban J connectivity index is 1.50. The van der Waals surface area contributed by atoms with E-state index in [4.69, 9.17) is 27.7 Å². The van der Waals surface area contributed by atoms with Crippen LogP contribution in [0.4, 0.5) is 10.2 Å². The number of hydrogen-bond acceptors (Lipinski definition) is 4. The standard InChI is InChI=1S/C20H13Cl2FN4O2/c21-14-7-4-8-16(23)13(14)10-27-11-15(22)19(25-27)24-20(28)17-9-18(29-26-17)12-5-2-1-3-6-12/h1-9,11H,10H2,(H,24,25,28). The molecule has 0 atom stereocenters. The zero-order chi connectivity index (χ0) is 20.4. The number of anilines is 1. The van der Waals surface area contributed by atoms with Crippen molar-refractivity contribution in [3.63, 3.8) is 0 Å². The van der Waals surface area contributed by atoms with Crippen LogP contribution in [0.1, 0.15) is 16.1 Å². The van der Waals surface area contributed by atoms with Gasteiger partial charge in [0.25, 0.3) is 5.91 Å². The minimum atomic E-state index is -0.535. The van der Waals surface area contributed by atoms with E-state index in [0.717, 1.165) is 5.56 Å². The minimum absolute atomic E-state index is 0.0587. The van der Waals surface area contributed by atoms with Crippen LogP contribution in [-0.4, -0.2) is 20.8 Å². The summed E-state index contributed by atoms with van der Waals surface area (Å²) in [7, 11) is 0. The second-order valence-electron chi connectivity index (χ2n) is 6.12. The van der Waals surface area contributed by atoms with Crippen molar-refractivity contribution in [2.45, 2.75) is 6.54 Å². The smallest absolute Gasteiger partial charge is 0.279 e. The third-order valence-corrected chi connectivity index (χ3v) is 4.76. The number of rotatable bonds is 5. The van der Waals surface area contributed by atoms with Crippen LogP contribution in [0.15, 0.2) is 65.3 Å². The van der Waals surface area contributed by atoms with Crippen LogP contribution in [0, 0.1) is 5.82 Å². The van der Waals surface area contributed by atoms with Crippen molar-refractivity contribution < 1.29 is 13.7 Å². The summed E-state index contributed by atoms with van der Waals surface area (Å²) < 4.78 is 20.6. The highest BCUT2D eigenvalue weighted by atomic mass is 35.5. The molecule has 0 aliphatic carbocycles. The zero-order valence-electron chi connectivity index (χ0n) is 14.8. The van der Waals surface area contributed by atoms with Gasteiger partial charge < -0.3 is 9.84 Å². The fourth-order valence-corrected chi connectivity index (χ4v) is 3.12. The van der Waals surface area contributed by atoms with Gasteiger partial charge in [0.2, 0.25) is 0 Å². The summed E-state index contributed by atoms with van der Waals surface area (Å²) in [6, 6.07) is 15.2. The molecule has 0 saturated carbocycles. The molecule has 6 nitrogen and oxygen atoms in total. The first kappa shape index (κ1) is 19.2. The fourth-order valence-electron chi connectivity index (χ4n) is 2.70. The molecule has 1 amide bonds. The van der Waals surface area contributed by atoms with Crippen molar-refractivity contribution in [3.8, 4) is 11.3 Å². The number of amides is 1. The molecule has 0 bridgehead atoms. The van der Waals surface area contributed by atoms with Gasteiger partial charge >= 0.3 is 0 Å². The average Bonchev–Trinajstić information content (AvgIpc) is 3.33. The maximum Gasteiger partial charge on any atom is 0.279 e. The summed E-state index contributed by atoms with van der Waals surface area (Å²) in [5, 5.41) is 11.0. The molecule has 0 aliphatic heterocycles. The molecule has 2 aromatic heterocycles. The molecule has 4 rings (SSSR count). The Labute approximate surface area is 174 Å². The van der Waals surface area contributed by atoms with E-state index in [1.807, 2.05) is 30.3 Å². The first-order valence-electron chi connectivity index (χ1n) is 8.50. The fraction of sp³-hybridized carbons (Fsp3) is 0.0500. The molecule has 0 radical (unpaired) electrons. The molecule has 9 heteroatoms. The van der Waals surface area contributed by atoms with E-state index >= 15 is 0 Å². The molecule has 1 N–H and O–H groups in total. The van der Waals surface area contributed by atoms with Gasteiger partial charge in [0.05, 0.1) is 6.54 Å². The van der Waals surface area contributed by atoms with Crippen molar-refractivity contribution in [2.75, 3.05) is 5.32 Å². The Hall–Kier alpha value is -3.16. The monoisotopic (exact) mass is 430 g/mol. The molecule has 0 aliphatic rings. The zero-order valence-corrected chi connectivity index (χ0v) is 16.3. The van der Waals surface area contributed by atoms with Gasteiger partial charge in [-0.1, -0.05) is 64.8 Å². The highest BCUT2D eigenvalue weighted by Gasteiger charge is 2.18. The van der Waals surface area contributed by atoms with Crippen molar-refractivity contribution in [3.05, 3.63) is 87.9 Å². The van der Waals surface area contributed by atoms with Crippen LogP contribution >= 0.6 is 23.2 Å². The predicted octanol–water partition coefficient (Wildman–Crippen LogP) is 5.28. The maximum atomic E-state index is 14.0. The lowest BCUT2D eigenvalue weighted by Crippen LogP contribution is -2.13. The van der Waals surface area contributed by atoms with Crippen LogP contribution in [0.25, 0.3) is 11.3 Å². The van der Waals surface area contributed by atoms with Gasteiger partial charge in [0, 0.05) is 28.4 Å². The molecular weight excluding hydrogens is 418 g/mol. The number of aromatic nitrogens is 3. The van der Waals surface area contributed by atoms with E-state index in [1.165, 1.54) is 29.1 Å². The molecular formula is C20H13Cl2FN4O2. The number of nitrogens with one attached hydrogen (secondary N) is 1. The molecule has 146 valence electrons. The van der Waals surface area contributed by atoms with Crippen LogP contribution < -0.4 is 5.32 Å². The Kier molecular flexibility index (Phi) is 5.33. The van der Waals surface area contributed by atoms with Gasteiger partial charge in [-0.05, 0) is 12.1 Å². The van der Waals surface area contributed by atoms with E-state index < -0.39 is 11.7 Å². The molecule has 0 spiro atoms. The van der Waals surface area contributed by atoms with Crippen LogP contribution in [-0.2, 0) is 6.54 Å². The predicted molar refractivity (Wildman–Crippen MR) is 108 cm³/mol. The summed E-state index contributed by atoms with van der Waals surface area (Å²) in [6.45, 7) is 0.0587. The highest BCUT2D eigenvalue weighted by molar-refractivity contribution is 6.33. The third kappa shape index (κ3) is 4.16. The SMILES string of the molecule is O=C(Nc1nn(Cc2c(F)cccc2Cl)cc1Cl)c1cc(-c2ccccc2)on1. The average molecular weight is 431 g/mol. The van der Waals surface area contributed by atoms with Gasteiger partial charge in [0.15, 0.2) is 17.3 Å². The summed E-state index contributed by atoms with van der Waals surface area (Å²) in [4.78, 5) is 12.5. The number of halogens is 3. The third-order valence-electron chi connectivity index (χ3n) is 4.13. The first-order chi connectivity index (χ1) is 14.0. The van der Waals surface area contributed by atoms with Gasteiger partial charge in [-0.2, -0.15) is 5.10 Å². The van der Waals surface area contributed by atoms with E-state index in [9.17, 15) is 9.18 Å². The highest BCUT2D eigenvalue weighted by Crippen LogP contribution is 2.25. The van der Waals surface area contributed by atoms with Gasteiger partial charge in [0.1, 0.15) is 10.8 Å². The minimum Gasteiger partial charge on any atom is -0.355 e. The summed E-state index contributed by atoms with van der Waals surface area (Å²) in [5.74, 6) is -0.410. The lowest BCUT2D eigenvalue weighted by atomic mass is 10.1. The Morgan fingerprint density at radius 2 is 1.90 bits per heavy atom. The van der Waals surface area contributed by atoms with Gasteiger partial charge in [-0.25, -0.2) is 4.39 Å². The number of nitrogens with zero attached hydrogens (tertiary/aromatic N) is 3. The molecule has 4 aromatic rings. The second-order valence-corrected chi connectivity index (χ2v) is 6.93. The number of carbonyl (C=O) groups excluding carboxylic acids is 1. The molecule has 0 fully saturated rings. The van der Waals surface area contributed by atoms with Crippen molar-refractivity contribution in [1.29, 1.82) is 0 Å². The van der Waals surface area contributed by atoms with Crippen molar-refractivity contribution >= 4 is 34.9 Å². The molecule has 29 heavy (non-hydrogen) atoms. The van der Waals surface area contributed by atoms with Crippen molar-refractivity contribution in [1.82, 2.24) is 14.9 Å². The second kappa shape index (κ2) is 8.06. The normalized spacial score (nSPS) is 10.9. The van der Waals surface area contributed by atoms with E-state index in [0.29, 0.717) is 5.76 Å². The number of carbonyl (C=O) groups is 1. The molecule has 0 saturated heterocycles. The Morgan fingerprint density at radius 3 is 2.66 bits per heavy atom. The van der Waals surface area contributed by atoms with Gasteiger partial charge in [-0.15, -0.1) is 0 Å². The van der Waals surface area contributed by atoms with E-state index in [-0.39, 0.29) is 33.7 Å². The Bertz CT molecular complexity index is 1150. The van der Waals surface area contributed by atoms with Gasteiger partial charge in [-0.3, -0.25) is 9.48 Å². The van der Waals surface area contributed by atoms with Crippen LogP contribution in [0.5, 0.6) is 0 Å². The number of hydrogen-bond donors (Lipinski definition) is 1. The largest absolute Gasteiger partial charge is 0.355 e. The maximum absolute atomic E-state index is 14.0. The quantitative estimate of drug-likeness (QED) is 0.467. The molecule has 0 unspecified atom stereocenters. The molecule has 2 heterocycles. The first-order valence-corrected chi connectivity index (χ1v) is 9.26.